The quantitative estimate of drug-likeness (QED) is 0.793. The molecule has 0 N–H and O–H groups in total. The number of nitrogens with zero attached hydrogens (tertiary/aromatic N) is 1. The highest BCUT2D eigenvalue weighted by Crippen LogP contribution is 2.51. The first kappa shape index (κ1) is 13.0. The Hall–Kier alpha value is -1.05. The molecule has 0 saturated heterocycles. The van der Waals surface area contributed by atoms with E-state index in [0.29, 0.717) is 17.6 Å². The van der Waals surface area contributed by atoms with Crippen LogP contribution in [-0.2, 0) is 13.0 Å². The van der Waals surface area contributed by atoms with Crippen molar-refractivity contribution in [3.63, 3.8) is 0 Å². The second kappa shape index (κ2) is 4.22. The van der Waals surface area contributed by atoms with Crippen molar-refractivity contribution in [2.45, 2.75) is 65.8 Å². The molecular weight excluding hydrogens is 234 g/mol. The molecule has 0 aliphatic heterocycles. The van der Waals surface area contributed by atoms with Crippen molar-refractivity contribution < 1.29 is 4.79 Å². The lowest BCUT2D eigenvalue weighted by Gasteiger charge is -2.30. The summed E-state index contributed by atoms with van der Waals surface area (Å²) in [7, 11) is 0. The van der Waals surface area contributed by atoms with E-state index in [1.54, 1.807) is 0 Å². The van der Waals surface area contributed by atoms with E-state index in [4.69, 9.17) is 0 Å². The van der Waals surface area contributed by atoms with Gasteiger partial charge in [-0.2, -0.15) is 0 Å². The number of aromatic nitrogens is 1. The standard InChI is InChI=1S/C17H25NO/c1-4-6-17(7-8-17)12-18-9-5-13-14(18)10-16(2,3)11-15(13)19/h5,9H,4,6-8,10-12H2,1-3H3. The van der Waals surface area contributed by atoms with Crippen LogP contribution in [0.25, 0.3) is 0 Å². The van der Waals surface area contributed by atoms with E-state index in [9.17, 15) is 4.79 Å². The Bertz CT molecular complexity index is 505. The summed E-state index contributed by atoms with van der Waals surface area (Å²) in [5.74, 6) is 0.338. The van der Waals surface area contributed by atoms with Gasteiger partial charge in [0.25, 0.3) is 0 Å². The minimum absolute atomic E-state index is 0.127. The molecule has 1 heterocycles. The van der Waals surface area contributed by atoms with Crippen molar-refractivity contribution in [1.29, 1.82) is 0 Å². The summed E-state index contributed by atoms with van der Waals surface area (Å²) in [6, 6.07) is 2.05. The van der Waals surface area contributed by atoms with Crippen LogP contribution in [0.1, 0.15) is 68.9 Å². The fraction of sp³-hybridized carbons (Fsp3) is 0.706. The number of hydrogen-bond acceptors (Lipinski definition) is 1. The Balaban J connectivity index is 1.87. The predicted molar refractivity (Wildman–Crippen MR) is 77.4 cm³/mol. The molecule has 1 aromatic rings. The van der Waals surface area contributed by atoms with Gasteiger partial charge in [0.05, 0.1) is 0 Å². The number of hydrogen-bond donors (Lipinski definition) is 0. The molecule has 2 nitrogen and oxygen atoms in total. The monoisotopic (exact) mass is 259 g/mol. The second-order valence-electron chi connectivity index (χ2n) is 7.49. The molecule has 19 heavy (non-hydrogen) atoms. The van der Waals surface area contributed by atoms with E-state index in [1.165, 1.54) is 31.4 Å². The van der Waals surface area contributed by atoms with Gasteiger partial charge in [-0.25, -0.2) is 0 Å². The van der Waals surface area contributed by atoms with E-state index in [-0.39, 0.29) is 5.41 Å². The van der Waals surface area contributed by atoms with Crippen LogP contribution in [0.5, 0.6) is 0 Å². The molecule has 2 aliphatic carbocycles. The second-order valence-corrected chi connectivity index (χ2v) is 7.49. The number of rotatable bonds is 4. The summed E-state index contributed by atoms with van der Waals surface area (Å²) < 4.78 is 2.39. The van der Waals surface area contributed by atoms with Gasteiger partial charge in [0.1, 0.15) is 0 Å². The van der Waals surface area contributed by atoms with Crippen molar-refractivity contribution in [2.75, 3.05) is 0 Å². The molecule has 0 bridgehead atoms. The third kappa shape index (κ3) is 2.37. The van der Waals surface area contributed by atoms with E-state index in [1.807, 2.05) is 0 Å². The van der Waals surface area contributed by atoms with Crippen LogP contribution in [0.2, 0.25) is 0 Å². The first-order valence-electron chi connectivity index (χ1n) is 7.66. The van der Waals surface area contributed by atoms with Gasteiger partial charge in [-0.05, 0) is 42.6 Å². The van der Waals surface area contributed by atoms with Gasteiger partial charge in [0, 0.05) is 30.4 Å². The molecule has 2 heteroatoms. The van der Waals surface area contributed by atoms with Gasteiger partial charge in [0.2, 0.25) is 0 Å². The number of carbonyl (C=O) groups excluding carboxylic acids is 1. The van der Waals surface area contributed by atoms with Crippen LogP contribution in [0, 0.1) is 10.8 Å². The molecule has 0 spiro atoms. The highest BCUT2D eigenvalue weighted by molar-refractivity contribution is 5.98. The normalized spacial score (nSPS) is 23.2. The van der Waals surface area contributed by atoms with Crippen molar-refractivity contribution in [3.8, 4) is 0 Å². The van der Waals surface area contributed by atoms with E-state index >= 15 is 0 Å². The SMILES string of the molecule is CCCC1(Cn2ccc3c2CC(C)(C)CC3=O)CC1. The molecule has 0 unspecified atom stereocenters. The molecule has 1 fully saturated rings. The average Bonchev–Trinajstić information content (AvgIpc) is 2.94. The van der Waals surface area contributed by atoms with Crippen molar-refractivity contribution in [1.82, 2.24) is 4.57 Å². The zero-order valence-corrected chi connectivity index (χ0v) is 12.5. The smallest absolute Gasteiger partial charge is 0.165 e. The minimum atomic E-state index is 0.127. The molecule has 1 aromatic heterocycles. The van der Waals surface area contributed by atoms with Crippen LogP contribution in [0.15, 0.2) is 12.3 Å². The van der Waals surface area contributed by atoms with Crippen LogP contribution < -0.4 is 0 Å². The lowest BCUT2D eigenvalue weighted by Crippen LogP contribution is -2.28. The third-order valence-corrected chi connectivity index (χ3v) is 4.91. The molecule has 104 valence electrons. The van der Waals surface area contributed by atoms with Gasteiger partial charge in [-0.3, -0.25) is 4.79 Å². The number of fused-ring (bicyclic) bond motifs is 1. The summed E-state index contributed by atoms with van der Waals surface area (Å²) >= 11 is 0. The summed E-state index contributed by atoms with van der Waals surface area (Å²) in [4.78, 5) is 12.2. The molecule has 0 atom stereocenters. The topological polar surface area (TPSA) is 22.0 Å². The van der Waals surface area contributed by atoms with Crippen molar-refractivity contribution in [3.05, 3.63) is 23.5 Å². The largest absolute Gasteiger partial charge is 0.350 e. The Morgan fingerprint density at radius 1 is 1.26 bits per heavy atom. The van der Waals surface area contributed by atoms with Crippen LogP contribution in [0.3, 0.4) is 0 Å². The van der Waals surface area contributed by atoms with E-state index < -0.39 is 0 Å². The molecule has 0 aromatic carbocycles. The number of carbonyl (C=O) groups is 1. The Morgan fingerprint density at radius 3 is 2.63 bits per heavy atom. The van der Waals surface area contributed by atoms with Crippen molar-refractivity contribution >= 4 is 5.78 Å². The lowest BCUT2D eigenvalue weighted by molar-refractivity contribution is 0.0909. The molecule has 1 saturated carbocycles. The maximum Gasteiger partial charge on any atom is 0.165 e. The molecular formula is C17H25NO. The lowest BCUT2D eigenvalue weighted by atomic mass is 9.76. The van der Waals surface area contributed by atoms with Crippen LogP contribution in [-0.4, -0.2) is 10.4 Å². The third-order valence-electron chi connectivity index (χ3n) is 4.91. The molecule has 2 aliphatic rings. The first-order chi connectivity index (χ1) is 8.95. The zero-order chi connectivity index (χ0) is 13.7. The number of ketones is 1. The maximum absolute atomic E-state index is 12.2. The Kier molecular flexibility index (Phi) is 2.88. The highest BCUT2D eigenvalue weighted by atomic mass is 16.1. The molecule has 0 amide bonds. The van der Waals surface area contributed by atoms with Gasteiger partial charge in [0.15, 0.2) is 5.78 Å². The molecule has 3 rings (SSSR count). The Morgan fingerprint density at radius 2 is 2.00 bits per heavy atom. The van der Waals surface area contributed by atoms with Crippen LogP contribution in [0.4, 0.5) is 0 Å². The Labute approximate surface area is 116 Å². The maximum atomic E-state index is 12.2. The first-order valence-corrected chi connectivity index (χ1v) is 7.66. The zero-order valence-electron chi connectivity index (χ0n) is 12.5. The van der Waals surface area contributed by atoms with E-state index in [2.05, 4.69) is 37.6 Å². The van der Waals surface area contributed by atoms with Crippen LogP contribution >= 0.6 is 0 Å². The van der Waals surface area contributed by atoms with E-state index in [0.717, 1.165) is 18.5 Å². The van der Waals surface area contributed by atoms with Gasteiger partial charge in [-0.1, -0.05) is 27.2 Å². The van der Waals surface area contributed by atoms with Gasteiger partial charge >= 0.3 is 0 Å². The fourth-order valence-electron chi connectivity index (χ4n) is 3.71. The predicted octanol–water partition coefficient (Wildman–Crippen LogP) is 4.22. The summed E-state index contributed by atoms with van der Waals surface area (Å²) in [6.07, 6.45) is 9.23. The number of Topliss-reactive ketones (excluding diaryl/α,β-unsaturated/α-hetero) is 1. The van der Waals surface area contributed by atoms with Gasteiger partial charge < -0.3 is 4.57 Å². The summed E-state index contributed by atoms with van der Waals surface area (Å²) in [6.45, 7) is 7.82. The summed E-state index contributed by atoms with van der Waals surface area (Å²) in [5, 5.41) is 0. The van der Waals surface area contributed by atoms with Crippen molar-refractivity contribution in [2.24, 2.45) is 10.8 Å². The average molecular weight is 259 g/mol. The highest BCUT2D eigenvalue weighted by Gasteiger charge is 2.43. The summed E-state index contributed by atoms with van der Waals surface area (Å²) in [5.41, 5.74) is 2.96. The minimum Gasteiger partial charge on any atom is -0.350 e. The van der Waals surface area contributed by atoms with Gasteiger partial charge in [-0.15, -0.1) is 0 Å². The molecule has 0 radical (unpaired) electrons. The fourth-order valence-corrected chi connectivity index (χ4v) is 3.71.